The molecule has 1 N–H and O–H groups in total. The first-order valence-corrected chi connectivity index (χ1v) is 14.9. The van der Waals surface area contributed by atoms with Gasteiger partial charge in [0.15, 0.2) is 6.10 Å². The molecule has 0 aromatic rings. The van der Waals surface area contributed by atoms with Crippen LogP contribution in [0.3, 0.4) is 0 Å². The Labute approximate surface area is 222 Å². The predicted octanol–water partition coefficient (Wildman–Crippen LogP) is 8.39. The average Bonchev–Trinajstić information content (AvgIpc) is 2.88. The first-order valence-electron chi connectivity index (χ1n) is 14.9. The number of aliphatic hydroxyl groups is 1. The maximum absolute atomic E-state index is 11.9. The summed E-state index contributed by atoms with van der Waals surface area (Å²) < 4.78 is 10.5. The molecule has 0 radical (unpaired) electrons. The average molecular weight is 509 g/mol. The lowest BCUT2D eigenvalue weighted by atomic mass is 10.1. The monoisotopic (exact) mass is 508 g/mol. The van der Waals surface area contributed by atoms with E-state index in [0.717, 1.165) is 51.4 Å². The van der Waals surface area contributed by atoms with Gasteiger partial charge in [-0.1, -0.05) is 109 Å². The molecule has 0 spiro atoms. The maximum atomic E-state index is 11.9. The Kier molecular flexibility index (Phi) is 26.7. The summed E-state index contributed by atoms with van der Waals surface area (Å²) in [6, 6.07) is 0. The van der Waals surface area contributed by atoms with Crippen molar-refractivity contribution in [1.82, 2.24) is 0 Å². The number of unbranched alkanes of at least 4 members (excludes halogenated alkanes) is 14. The summed E-state index contributed by atoms with van der Waals surface area (Å²) in [4.78, 5) is 23.9. The fourth-order valence-electron chi connectivity index (χ4n) is 3.93. The lowest BCUT2D eigenvalue weighted by Gasteiger charge is -2.15. The number of carbonyl (C=O) groups excluding carboxylic acids is 2. The van der Waals surface area contributed by atoms with Gasteiger partial charge in [-0.15, -0.1) is 0 Å². The van der Waals surface area contributed by atoms with E-state index < -0.39 is 6.10 Å². The van der Waals surface area contributed by atoms with E-state index in [1.165, 1.54) is 64.2 Å². The van der Waals surface area contributed by atoms with E-state index in [1.807, 2.05) is 0 Å². The highest BCUT2D eigenvalue weighted by Crippen LogP contribution is 2.11. The zero-order valence-electron chi connectivity index (χ0n) is 23.5. The molecule has 210 valence electrons. The highest BCUT2D eigenvalue weighted by molar-refractivity contribution is 5.70. The summed E-state index contributed by atoms with van der Waals surface area (Å²) in [5.74, 6) is -0.616. The van der Waals surface area contributed by atoms with Gasteiger partial charge in [-0.05, 0) is 44.9 Å². The zero-order valence-corrected chi connectivity index (χ0v) is 23.5. The summed E-state index contributed by atoms with van der Waals surface area (Å²) in [5, 5.41) is 9.42. The van der Waals surface area contributed by atoms with E-state index >= 15 is 0 Å². The van der Waals surface area contributed by atoms with Crippen LogP contribution in [0.25, 0.3) is 0 Å². The van der Waals surface area contributed by atoms with E-state index in [-0.39, 0.29) is 25.2 Å². The first-order chi connectivity index (χ1) is 17.6. The SMILES string of the molecule is CCCCC/C=C/C/C=C/CCCCCCCC(=O)OC[C@H](CO)OC(=O)CCCCCCCCC. The third-order valence-electron chi connectivity index (χ3n) is 6.25. The standard InChI is InChI=1S/C31H56O5/c1-3-5-7-9-11-12-13-14-15-16-17-18-20-21-23-25-30(33)35-28-29(27-32)36-31(34)26-24-22-19-10-8-6-4-2/h11-12,14-15,29,32H,3-10,13,16-28H2,1-2H3/b12-11+,15-14+/t29-/m0/s1. The van der Waals surface area contributed by atoms with Crippen LogP contribution in [0, 0.1) is 0 Å². The van der Waals surface area contributed by atoms with E-state index in [4.69, 9.17) is 9.47 Å². The van der Waals surface area contributed by atoms with Crippen molar-refractivity contribution in [2.75, 3.05) is 13.2 Å². The van der Waals surface area contributed by atoms with Crippen molar-refractivity contribution in [3.8, 4) is 0 Å². The van der Waals surface area contributed by atoms with Gasteiger partial charge in [0, 0.05) is 12.8 Å². The second-order valence-electron chi connectivity index (χ2n) is 9.83. The van der Waals surface area contributed by atoms with Crippen molar-refractivity contribution in [2.45, 2.75) is 148 Å². The molecule has 0 fully saturated rings. The molecule has 5 heteroatoms. The molecule has 1 atom stereocenters. The van der Waals surface area contributed by atoms with Crippen molar-refractivity contribution in [3.05, 3.63) is 24.3 Å². The molecule has 0 unspecified atom stereocenters. The second kappa shape index (κ2) is 28.0. The quantitative estimate of drug-likeness (QED) is 0.0721. The van der Waals surface area contributed by atoms with Gasteiger partial charge >= 0.3 is 11.9 Å². The third-order valence-corrected chi connectivity index (χ3v) is 6.25. The minimum absolute atomic E-state index is 0.0711. The fraction of sp³-hybridized carbons (Fsp3) is 0.806. The van der Waals surface area contributed by atoms with Crippen LogP contribution in [0.2, 0.25) is 0 Å². The van der Waals surface area contributed by atoms with Crippen LogP contribution in [0.1, 0.15) is 142 Å². The van der Waals surface area contributed by atoms with Gasteiger partial charge in [0.2, 0.25) is 0 Å². The van der Waals surface area contributed by atoms with Gasteiger partial charge < -0.3 is 14.6 Å². The third kappa shape index (κ3) is 25.5. The molecule has 0 aliphatic rings. The lowest BCUT2D eigenvalue weighted by molar-refractivity contribution is -0.161. The molecule has 0 aliphatic carbocycles. The molecule has 0 aromatic carbocycles. The number of carbonyl (C=O) groups is 2. The molecular formula is C31H56O5. The Balaban J connectivity index is 3.62. The summed E-state index contributed by atoms with van der Waals surface area (Å²) in [7, 11) is 0. The summed E-state index contributed by atoms with van der Waals surface area (Å²) in [6.45, 7) is 4.02. The molecule has 0 saturated heterocycles. The topological polar surface area (TPSA) is 72.8 Å². The fourth-order valence-corrected chi connectivity index (χ4v) is 3.93. The van der Waals surface area contributed by atoms with Crippen molar-refractivity contribution in [2.24, 2.45) is 0 Å². The summed E-state index contributed by atoms with van der Waals surface area (Å²) in [6.07, 6.45) is 29.5. The zero-order chi connectivity index (χ0) is 26.5. The largest absolute Gasteiger partial charge is 0.462 e. The second-order valence-corrected chi connectivity index (χ2v) is 9.83. The normalized spacial score (nSPS) is 12.4. The number of ether oxygens (including phenoxy) is 2. The van der Waals surface area contributed by atoms with Gasteiger partial charge in [-0.3, -0.25) is 9.59 Å². The van der Waals surface area contributed by atoms with Gasteiger partial charge in [-0.2, -0.15) is 0 Å². The molecule has 0 aliphatic heterocycles. The molecule has 36 heavy (non-hydrogen) atoms. The lowest BCUT2D eigenvalue weighted by Crippen LogP contribution is -2.28. The number of aliphatic hydroxyl groups excluding tert-OH is 1. The number of hydrogen-bond acceptors (Lipinski definition) is 5. The van der Waals surface area contributed by atoms with Crippen LogP contribution in [0.5, 0.6) is 0 Å². The van der Waals surface area contributed by atoms with Crippen LogP contribution in [0.4, 0.5) is 0 Å². The van der Waals surface area contributed by atoms with Gasteiger partial charge in [-0.25, -0.2) is 0 Å². The van der Waals surface area contributed by atoms with Crippen molar-refractivity contribution >= 4 is 11.9 Å². The molecule has 0 rings (SSSR count). The maximum Gasteiger partial charge on any atom is 0.306 e. The highest BCUT2D eigenvalue weighted by Gasteiger charge is 2.16. The Bertz CT molecular complexity index is 555. The molecule has 5 nitrogen and oxygen atoms in total. The molecule has 0 saturated carbocycles. The van der Waals surface area contributed by atoms with Gasteiger partial charge in [0.25, 0.3) is 0 Å². The van der Waals surface area contributed by atoms with Crippen molar-refractivity contribution in [1.29, 1.82) is 0 Å². The minimum atomic E-state index is -0.768. The first kappa shape index (κ1) is 34.4. The van der Waals surface area contributed by atoms with Crippen LogP contribution in [-0.2, 0) is 19.1 Å². The Hall–Kier alpha value is -1.62. The molecule has 0 heterocycles. The predicted molar refractivity (Wildman–Crippen MR) is 150 cm³/mol. The minimum Gasteiger partial charge on any atom is -0.462 e. The molecule has 0 amide bonds. The van der Waals surface area contributed by atoms with Crippen LogP contribution < -0.4 is 0 Å². The molecule has 0 bridgehead atoms. The molecule has 0 aromatic heterocycles. The van der Waals surface area contributed by atoms with E-state index in [0.29, 0.717) is 12.8 Å². The van der Waals surface area contributed by atoms with E-state index in [9.17, 15) is 14.7 Å². The van der Waals surface area contributed by atoms with E-state index in [2.05, 4.69) is 38.2 Å². The summed E-state index contributed by atoms with van der Waals surface area (Å²) >= 11 is 0. The number of rotatable bonds is 26. The number of hydrogen-bond donors (Lipinski definition) is 1. The molecular weight excluding hydrogens is 452 g/mol. The smallest absolute Gasteiger partial charge is 0.306 e. The van der Waals surface area contributed by atoms with Crippen LogP contribution in [-0.4, -0.2) is 36.4 Å². The van der Waals surface area contributed by atoms with Crippen LogP contribution >= 0.6 is 0 Å². The van der Waals surface area contributed by atoms with Crippen molar-refractivity contribution < 1.29 is 24.2 Å². The van der Waals surface area contributed by atoms with Gasteiger partial charge in [0.05, 0.1) is 6.61 Å². The number of esters is 2. The number of allylic oxidation sites excluding steroid dienone is 4. The van der Waals surface area contributed by atoms with Crippen LogP contribution in [0.15, 0.2) is 24.3 Å². The highest BCUT2D eigenvalue weighted by atomic mass is 16.6. The summed E-state index contributed by atoms with van der Waals surface area (Å²) in [5.41, 5.74) is 0. The Morgan fingerprint density at radius 3 is 1.69 bits per heavy atom. The Morgan fingerprint density at radius 2 is 1.11 bits per heavy atom. The van der Waals surface area contributed by atoms with Crippen molar-refractivity contribution in [3.63, 3.8) is 0 Å². The Morgan fingerprint density at radius 1 is 0.639 bits per heavy atom. The van der Waals surface area contributed by atoms with Gasteiger partial charge in [0.1, 0.15) is 6.61 Å². The van der Waals surface area contributed by atoms with E-state index in [1.54, 1.807) is 0 Å².